The number of halogens is 1. The number of hydrogen-bond acceptors (Lipinski definition) is 0. The molecule has 0 heterocycles. The van der Waals surface area contributed by atoms with E-state index in [1.807, 2.05) is 12.1 Å². The fourth-order valence-corrected chi connectivity index (χ4v) is 1.15. The largest absolute Gasteiger partial charge is 0.207 e. The molecule has 1 aliphatic rings. The van der Waals surface area contributed by atoms with E-state index in [2.05, 4.69) is 0 Å². The molecule has 1 fully saturated rings. The number of benzene rings is 1. The second kappa shape index (κ2) is 3.26. The molecule has 1 aromatic carbocycles. The van der Waals surface area contributed by atoms with Gasteiger partial charge in [-0.05, 0) is 36.5 Å². The highest BCUT2D eigenvalue weighted by Crippen LogP contribution is 2.39. The summed E-state index contributed by atoms with van der Waals surface area (Å²) in [6, 6.07) is 6.83. The van der Waals surface area contributed by atoms with Crippen molar-refractivity contribution in [3.63, 3.8) is 0 Å². The molecular formula is C9H11FS. The van der Waals surface area contributed by atoms with Crippen molar-refractivity contribution in [3.8, 4) is 0 Å². The molecule has 2 rings (SSSR count). The zero-order valence-electron chi connectivity index (χ0n) is 6.18. The topological polar surface area (TPSA) is 0 Å². The van der Waals surface area contributed by atoms with E-state index in [1.165, 1.54) is 30.5 Å². The van der Waals surface area contributed by atoms with Gasteiger partial charge in [-0.25, -0.2) is 4.39 Å². The van der Waals surface area contributed by atoms with Crippen LogP contribution in [0.1, 0.15) is 24.3 Å². The quantitative estimate of drug-likeness (QED) is 0.608. The third-order valence-corrected chi connectivity index (χ3v) is 1.92. The van der Waals surface area contributed by atoms with Crippen molar-refractivity contribution in [2.45, 2.75) is 18.8 Å². The molecule has 1 aromatic rings. The van der Waals surface area contributed by atoms with Crippen LogP contribution < -0.4 is 0 Å². The summed E-state index contributed by atoms with van der Waals surface area (Å²) in [6.45, 7) is 0. The normalized spacial score (nSPS) is 15.7. The van der Waals surface area contributed by atoms with E-state index in [1.54, 1.807) is 0 Å². The van der Waals surface area contributed by atoms with Crippen molar-refractivity contribution in [3.05, 3.63) is 35.6 Å². The maximum absolute atomic E-state index is 12.4. The van der Waals surface area contributed by atoms with Gasteiger partial charge in [-0.3, -0.25) is 0 Å². The van der Waals surface area contributed by atoms with Crippen molar-refractivity contribution < 1.29 is 4.39 Å². The molecule has 1 aliphatic carbocycles. The summed E-state index contributed by atoms with van der Waals surface area (Å²) < 4.78 is 12.4. The van der Waals surface area contributed by atoms with Gasteiger partial charge in [0.05, 0.1) is 0 Å². The Hall–Kier alpha value is -0.500. The molecule has 0 unspecified atom stereocenters. The van der Waals surface area contributed by atoms with Crippen LogP contribution in [0.15, 0.2) is 24.3 Å². The smallest absolute Gasteiger partial charge is 0.123 e. The maximum atomic E-state index is 12.4. The zero-order chi connectivity index (χ0) is 6.97. The molecule has 0 saturated heterocycles. The molecule has 60 valence electrons. The Kier molecular flexibility index (Phi) is 2.55. The Morgan fingerprint density at radius 2 is 1.64 bits per heavy atom. The highest BCUT2D eigenvalue weighted by Gasteiger charge is 2.22. The van der Waals surface area contributed by atoms with E-state index >= 15 is 0 Å². The molecule has 1 saturated carbocycles. The van der Waals surface area contributed by atoms with Gasteiger partial charge in [0.15, 0.2) is 0 Å². The highest BCUT2D eigenvalue weighted by atomic mass is 32.1. The van der Waals surface area contributed by atoms with Crippen LogP contribution >= 0.6 is 13.5 Å². The van der Waals surface area contributed by atoms with Crippen LogP contribution in [-0.2, 0) is 0 Å². The van der Waals surface area contributed by atoms with Crippen LogP contribution in [0.4, 0.5) is 4.39 Å². The fourth-order valence-electron chi connectivity index (χ4n) is 1.15. The lowest BCUT2D eigenvalue weighted by Gasteiger charge is -1.94. The predicted octanol–water partition coefficient (Wildman–Crippen LogP) is 2.82. The third-order valence-electron chi connectivity index (χ3n) is 1.92. The number of hydrogen-bond donors (Lipinski definition) is 0. The second-order valence-electron chi connectivity index (χ2n) is 2.83. The summed E-state index contributed by atoms with van der Waals surface area (Å²) in [5, 5.41) is 0. The molecule has 0 N–H and O–H groups in total. The lowest BCUT2D eigenvalue weighted by molar-refractivity contribution is 0.627. The summed E-state index contributed by atoms with van der Waals surface area (Å²) in [5.74, 6) is 0.602. The average molecular weight is 170 g/mol. The van der Waals surface area contributed by atoms with E-state index in [-0.39, 0.29) is 19.3 Å². The Bertz CT molecular complexity index is 226. The van der Waals surface area contributed by atoms with Gasteiger partial charge < -0.3 is 0 Å². The summed E-state index contributed by atoms with van der Waals surface area (Å²) in [4.78, 5) is 0. The van der Waals surface area contributed by atoms with Gasteiger partial charge in [0, 0.05) is 0 Å². The predicted molar refractivity (Wildman–Crippen MR) is 48.8 cm³/mol. The molecule has 0 aromatic heterocycles. The Labute approximate surface area is 72.9 Å². The van der Waals surface area contributed by atoms with Gasteiger partial charge >= 0.3 is 0 Å². The average Bonchev–Trinajstić information content (AvgIpc) is 2.71. The molecule has 0 atom stereocenters. The lowest BCUT2D eigenvalue weighted by Crippen LogP contribution is -1.78. The van der Waals surface area contributed by atoms with Crippen molar-refractivity contribution >= 4 is 13.5 Å². The van der Waals surface area contributed by atoms with Gasteiger partial charge in [-0.2, -0.15) is 13.5 Å². The van der Waals surface area contributed by atoms with Crippen LogP contribution in [0.2, 0.25) is 0 Å². The van der Waals surface area contributed by atoms with Crippen LogP contribution in [0, 0.1) is 5.82 Å². The summed E-state index contributed by atoms with van der Waals surface area (Å²) in [5.41, 5.74) is 1.29. The standard InChI is InChI=1S/C9H9F.H2S/c10-9-5-3-8(4-6-9)7-1-2-7;/h3-7H,1-2H2;1H2. The molecule has 0 bridgehead atoms. The molecule has 0 nitrogen and oxygen atoms in total. The van der Waals surface area contributed by atoms with E-state index in [0.717, 1.165) is 5.92 Å². The molecule has 0 amide bonds. The van der Waals surface area contributed by atoms with Gasteiger partial charge in [-0.1, -0.05) is 12.1 Å². The fraction of sp³-hybridized carbons (Fsp3) is 0.333. The minimum Gasteiger partial charge on any atom is -0.207 e. The number of rotatable bonds is 1. The first-order valence-electron chi connectivity index (χ1n) is 3.62. The molecule has 0 radical (unpaired) electrons. The van der Waals surface area contributed by atoms with Crippen molar-refractivity contribution in [1.29, 1.82) is 0 Å². The van der Waals surface area contributed by atoms with Crippen molar-refractivity contribution in [1.82, 2.24) is 0 Å². The molecule has 11 heavy (non-hydrogen) atoms. The second-order valence-corrected chi connectivity index (χ2v) is 2.83. The zero-order valence-corrected chi connectivity index (χ0v) is 7.18. The first-order chi connectivity index (χ1) is 4.86. The third kappa shape index (κ3) is 1.96. The minimum atomic E-state index is -0.135. The SMILES string of the molecule is Fc1ccc(C2CC2)cc1.S. The van der Waals surface area contributed by atoms with Gasteiger partial charge in [-0.15, -0.1) is 0 Å². The molecule has 0 spiro atoms. The van der Waals surface area contributed by atoms with E-state index in [9.17, 15) is 4.39 Å². The van der Waals surface area contributed by atoms with Gasteiger partial charge in [0.1, 0.15) is 5.82 Å². The van der Waals surface area contributed by atoms with Crippen LogP contribution in [-0.4, -0.2) is 0 Å². The Balaban J connectivity index is 0.000000605. The Morgan fingerprint density at radius 1 is 1.09 bits per heavy atom. The first kappa shape index (κ1) is 8.60. The van der Waals surface area contributed by atoms with E-state index in [4.69, 9.17) is 0 Å². The van der Waals surface area contributed by atoms with E-state index < -0.39 is 0 Å². The summed E-state index contributed by atoms with van der Waals surface area (Å²) in [7, 11) is 0. The summed E-state index contributed by atoms with van der Waals surface area (Å²) in [6.07, 6.45) is 2.57. The summed E-state index contributed by atoms with van der Waals surface area (Å²) >= 11 is 0. The van der Waals surface area contributed by atoms with Crippen LogP contribution in [0.25, 0.3) is 0 Å². The van der Waals surface area contributed by atoms with Gasteiger partial charge in [0.25, 0.3) is 0 Å². The van der Waals surface area contributed by atoms with Crippen LogP contribution in [0.3, 0.4) is 0 Å². The first-order valence-corrected chi connectivity index (χ1v) is 3.62. The van der Waals surface area contributed by atoms with E-state index in [0.29, 0.717) is 0 Å². The van der Waals surface area contributed by atoms with Crippen LogP contribution in [0.5, 0.6) is 0 Å². The van der Waals surface area contributed by atoms with Crippen molar-refractivity contribution in [2.75, 3.05) is 0 Å². The monoisotopic (exact) mass is 170 g/mol. The molecule has 0 aliphatic heterocycles. The Morgan fingerprint density at radius 3 is 2.09 bits per heavy atom. The lowest BCUT2D eigenvalue weighted by atomic mass is 10.1. The molecule has 2 heteroatoms. The highest BCUT2D eigenvalue weighted by molar-refractivity contribution is 7.59. The van der Waals surface area contributed by atoms with Gasteiger partial charge in [0.2, 0.25) is 0 Å². The van der Waals surface area contributed by atoms with Crippen molar-refractivity contribution in [2.24, 2.45) is 0 Å². The molecular weight excluding hydrogens is 159 g/mol. The minimum absolute atomic E-state index is 0. The maximum Gasteiger partial charge on any atom is 0.123 e.